The Morgan fingerprint density at radius 3 is 2.54 bits per heavy atom. The normalized spacial score (nSPS) is 11.1. The minimum atomic E-state index is -0.918. The number of ether oxygens (including phenoxy) is 2. The summed E-state index contributed by atoms with van der Waals surface area (Å²) in [5.41, 5.74) is 3.08. The molecule has 0 bridgehead atoms. The van der Waals surface area contributed by atoms with Gasteiger partial charge in [0.25, 0.3) is 0 Å². The maximum atomic E-state index is 12.1. The number of aromatic nitrogens is 1. The fourth-order valence-electron chi connectivity index (χ4n) is 3.43. The summed E-state index contributed by atoms with van der Waals surface area (Å²) in [6.07, 6.45) is 0.878. The van der Waals surface area contributed by atoms with Gasteiger partial charge < -0.3 is 24.5 Å². The van der Waals surface area contributed by atoms with Crippen LogP contribution in [0, 0.1) is 0 Å². The second-order valence-electron chi connectivity index (χ2n) is 6.61. The van der Waals surface area contributed by atoms with Gasteiger partial charge >= 0.3 is 5.97 Å². The molecule has 1 heterocycles. The first-order chi connectivity index (χ1) is 13.7. The lowest BCUT2D eigenvalue weighted by atomic mass is 10.1. The van der Waals surface area contributed by atoms with Crippen LogP contribution < -0.4 is 10.1 Å². The molecule has 0 unspecified atom stereocenters. The molecule has 3 aromatic rings. The predicted octanol–water partition coefficient (Wildman–Crippen LogP) is 3.52. The number of nitrogens with zero attached hydrogens (tertiary/aromatic N) is 1. The van der Waals surface area contributed by atoms with E-state index < -0.39 is 5.97 Å². The first-order valence-electron chi connectivity index (χ1n) is 9.31. The maximum Gasteiger partial charge on any atom is 0.352 e. The summed E-state index contributed by atoms with van der Waals surface area (Å²) in [6, 6.07) is 15.5. The number of aromatic carboxylic acids is 1. The molecule has 2 aromatic carbocycles. The average Bonchev–Trinajstić information content (AvgIpc) is 3.02. The molecule has 0 saturated heterocycles. The number of nitrogens with one attached hydrogen (secondary N) is 1. The Bertz CT molecular complexity index is 932. The lowest BCUT2D eigenvalue weighted by molar-refractivity contribution is 0.0684. The summed E-state index contributed by atoms with van der Waals surface area (Å²) < 4.78 is 12.2. The molecule has 0 saturated carbocycles. The van der Waals surface area contributed by atoms with Crippen molar-refractivity contribution in [2.24, 2.45) is 0 Å². The molecule has 0 radical (unpaired) electrons. The number of carboxylic acid groups (broad SMARTS) is 1. The standard InChI is InChI=1S/C22H26N2O4/c1-27-13-5-12-23-14-19-18-6-3-4-7-20(18)24(21(19)22(25)26)15-16-8-10-17(28-2)11-9-16/h3-4,6-11,23H,5,12-15H2,1-2H3,(H,25,26). The third kappa shape index (κ3) is 4.35. The van der Waals surface area contributed by atoms with E-state index in [2.05, 4.69) is 5.32 Å². The number of hydrogen-bond donors (Lipinski definition) is 2. The van der Waals surface area contributed by atoms with Gasteiger partial charge in [0.05, 0.1) is 7.11 Å². The van der Waals surface area contributed by atoms with E-state index in [1.165, 1.54) is 0 Å². The molecule has 6 heteroatoms. The predicted molar refractivity (Wildman–Crippen MR) is 109 cm³/mol. The lowest BCUT2D eigenvalue weighted by Gasteiger charge is -2.10. The van der Waals surface area contributed by atoms with Crippen molar-refractivity contribution >= 4 is 16.9 Å². The molecule has 2 N–H and O–H groups in total. The Kier molecular flexibility index (Phi) is 6.68. The van der Waals surface area contributed by atoms with Crippen molar-refractivity contribution in [2.75, 3.05) is 27.4 Å². The van der Waals surface area contributed by atoms with Gasteiger partial charge in [0.2, 0.25) is 0 Å². The largest absolute Gasteiger partial charge is 0.497 e. The minimum absolute atomic E-state index is 0.330. The van der Waals surface area contributed by atoms with Crippen LogP contribution in [0.3, 0.4) is 0 Å². The highest BCUT2D eigenvalue weighted by molar-refractivity contribution is 5.98. The van der Waals surface area contributed by atoms with Crippen LogP contribution in [-0.4, -0.2) is 43.0 Å². The zero-order valence-electron chi connectivity index (χ0n) is 16.3. The monoisotopic (exact) mass is 382 g/mol. The summed E-state index contributed by atoms with van der Waals surface area (Å²) in [5, 5.41) is 14.3. The van der Waals surface area contributed by atoms with Gasteiger partial charge in [-0.25, -0.2) is 4.79 Å². The molecule has 28 heavy (non-hydrogen) atoms. The molecular formula is C22H26N2O4. The van der Waals surface area contributed by atoms with E-state index in [-0.39, 0.29) is 0 Å². The van der Waals surface area contributed by atoms with Gasteiger partial charge in [-0.2, -0.15) is 0 Å². The van der Waals surface area contributed by atoms with Crippen LogP contribution in [0.1, 0.15) is 28.0 Å². The van der Waals surface area contributed by atoms with Crippen molar-refractivity contribution < 1.29 is 19.4 Å². The van der Waals surface area contributed by atoms with Gasteiger partial charge in [0, 0.05) is 43.3 Å². The fraction of sp³-hybridized carbons (Fsp3) is 0.318. The zero-order valence-corrected chi connectivity index (χ0v) is 16.3. The summed E-state index contributed by atoms with van der Waals surface area (Å²) >= 11 is 0. The van der Waals surface area contributed by atoms with Crippen LogP contribution in [0.15, 0.2) is 48.5 Å². The van der Waals surface area contributed by atoms with Gasteiger partial charge in [-0.05, 0) is 36.7 Å². The number of rotatable bonds is 10. The highest BCUT2D eigenvalue weighted by Gasteiger charge is 2.22. The van der Waals surface area contributed by atoms with Gasteiger partial charge in [0.1, 0.15) is 11.4 Å². The SMILES string of the molecule is COCCCNCc1c(C(=O)O)n(Cc2ccc(OC)cc2)c2ccccc12. The Morgan fingerprint density at radius 2 is 1.86 bits per heavy atom. The first kappa shape index (κ1) is 19.9. The summed E-state index contributed by atoms with van der Waals surface area (Å²) in [5.74, 6) is -0.140. The van der Waals surface area contributed by atoms with E-state index in [4.69, 9.17) is 9.47 Å². The van der Waals surface area contributed by atoms with E-state index >= 15 is 0 Å². The van der Waals surface area contributed by atoms with Crippen LogP contribution in [-0.2, 0) is 17.8 Å². The van der Waals surface area contributed by atoms with Crippen molar-refractivity contribution in [3.63, 3.8) is 0 Å². The van der Waals surface area contributed by atoms with Gasteiger partial charge in [-0.1, -0.05) is 30.3 Å². The number of para-hydroxylation sites is 1. The van der Waals surface area contributed by atoms with E-state index in [1.54, 1.807) is 14.2 Å². The molecule has 148 valence electrons. The van der Waals surface area contributed by atoms with Gasteiger partial charge in [-0.3, -0.25) is 0 Å². The minimum Gasteiger partial charge on any atom is -0.497 e. The van der Waals surface area contributed by atoms with Crippen LogP contribution in [0.4, 0.5) is 0 Å². The number of hydrogen-bond acceptors (Lipinski definition) is 4. The molecule has 6 nitrogen and oxygen atoms in total. The van der Waals surface area contributed by atoms with E-state index in [1.807, 2.05) is 53.1 Å². The number of methoxy groups -OCH3 is 2. The highest BCUT2D eigenvalue weighted by Crippen LogP contribution is 2.28. The number of benzene rings is 2. The molecule has 0 aliphatic carbocycles. The molecule has 1 aromatic heterocycles. The second-order valence-corrected chi connectivity index (χ2v) is 6.61. The molecule has 3 rings (SSSR count). The second kappa shape index (κ2) is 9.39. The van der Waals surface area contributed by atoms with Crippen LogP contribution >= 0.6 is 0 Å². The van der Waals surface area contributed by atoms with Crippen molar-refractivity contribution in [2.45, 2.75) is 19.5 Å². The highest BCUT2D eigenvalue weighted by atomic mass is 16.5. The van der Waals surface area contributed by atoms with Gasteiger partial charge in [0.15, 0.2) is 0 Å². The fourth-order valence-corrected chi connectivity index (χ4v) is 3.43. The maximum absolute atomic E-state index is 12.1. The third-order valence-electron chi connectivity index (χ3n) is 4.78. The Morgan fingerprint density at radius 1 is 1.11 bits per heavy atom. The van der Waals surface area contributed by atoms with Crippen molar-refractivity contribution in [1.82, 2.24) is 9.88 Å². The Balaban J connectivity index is 1.96. The van der Waals surface area contributed by atoms with Crippen molar-refractivity contribution in [3.05, 3.63) is 65.4 Å². The molecule has 0 atom stereocenters. The third-order valence-corrected chi connectivity index (χ3v) is 4.78. The summed E-state index contributed by atoms with van der Waals surface area (Å²) in [6.45, 7) is 2.43. The van der Waals surface area contributed by atoms with E-state index in [9.17, 15) is 9.90 Å². The number of fused-ring (bicyclic) bond motifs is 1. The first-order valence-corrected chi connectivity index (χ1v) is 9.31. The number of carbonyl (C=O) groups is 1. The van der Waals surface area contributed by atoms with E-state index in [0.29, 0.717) is 25.4 Å². The molecular weight excluding hydrogens is 356 g/mol. The van der Waals surface area contributed by atoms with Crippen molar-refractivity contribution in [3.8, 4) is 5.75 Å². The van der Waals surface area contributed by atoms with Crippen LogP contribution in [0.25, 0.3) is 10.9 Å². The molecule has 0 spiro atoms. The van der Waals surface area contributed by atoms with Crippen LogP contribution in [0.2, 0.25) is 0 Å². The van der Waals surface area contributed by atoms with Gasteiger partial charge in [-0.15, -0.1) is 0 Å². The summed E-state index contributed by atoms with van der Waals surface area (Å²) in [4.78, 5) is 12.1. The summed E-state index contributed by atoms with van der Waals surface area (Å²) in [7, 11) is 3.30. The molecule has 0 aliphatic rings. The average molecular weight is 382 g/mol. The molecule has 0 aliphatic heterocycles. The Hall–Kier alpha value is -2.83. The quantitative estimate of drug-likeness (QED) is 0.525. The smallest absolute Gasteiger partial charge is 0.352 e. The molecule has 0 amide bonds. The van der Waals surface area contributed by atoms with E-state index in [0.717, 1.165) is 40.7 Å². The number of carboxylic acids is 1. The topological polar surface area (TPSA) is 72.7 Å². The lowest BCUT2D eigenvalue weighted by Crippen LogP contribution is -2.19. The zero-order chi connectivity index (χ0) is 19.9. The van der Waals surface area contributed by atoms with Crippen LogP contribution in [0.5, 0.6) is 5.75 Å². The van der Waals surface area contributed by atoms with Crippen molar-refractivity contribution in [1.29, 1.82) is 0 Å². The molecule has 0 fully saturated rings. The Labute approximate surface area is 164 Å².